The second-order valence-corrected chi connectivity index (χ2v) is 5.96. The van der Waals surface area contributed by atoms with Gasteiger partial charge in [-0.1, -0.05) is 11.6 Å². The van der Waals surface area contributed by atoms with Gasteiger partial charge in [0.15, 0.2) is 0 Å². The number of hydrogen-bond donors (Lipinski definition) is 4. The highest BCUT2D eigenvalue weighted by Gasteiger charge is 2.32. The van der Waals surface area contributed by atoms with E-state index in [-0.39, 0.29) is 5.96 Å². The molecule has 1 saturated heterocycles. The van der Waals surface area contributed by atoms with Gasteiger partial charge in [-0.05, 0) is 44.1 Å². The number of aliphatic imine (C=N–C) groups is 1. The van der Waals surface area contributed by atoms with Gasteiger partial charge in [-0.3, -0.25) is 16.1 Å². The van der Waals surface area contributed by atoms with Gasteiger partial charge in [0, 0.05) is 12.1 Å². The van der Waals surface area contributed by atoms with E-state index in [0.717, 1.165) is 19.6 Å². The summed E-state index contributed by atoms with van der Waals surface area (Å²) in [5.41, 5.74) is 17.9. The number of likely N-dealkylation sites (tertiary alicyclic amines) is 1. The number of nitrogens with zero attached hydrogens (tertiary/aromatic N) is 2. The standard InChI is InChI=1S/C14H21ClN6O/c15-11-9-10(14(17)18-13(16)19-20-14)3-4-12(11)22-8-7-21-5-1-2-6-21/h3-4,9,20H,1-2,5-8,17H2,(H3,16,18,19). The van der Waals surface area contributed by atoms with Crippen LogP contribution in [0.2, 0.25) is 5.02 Å². The minimum Gasteiger partial charge on any atom is -0.491 e. The lowest BCUT2D eigenvalue weighted by molar-refractivity contribution is 0.237. The fourth-order valence-corrected chi connectivity index (χ4v) is 2.92. The second kappa shape index (κ2) is 6.29. The Morgan fingerprint density at radius 2 is 2.14 bits per heavy atom. The highest BCUT2D eigenvalue weighted by Crippen LogP contribution is 2.29. The Morgan fingerprint density at radius 3 is 2.77 bits per heavy atom. The lowest BCUT2D eigenvalue weighted by Gasteiger charge is -2.21. The lowest BCUT2D eigenvalue weighted by atomic mass is 10.1. The van der Waals surface area contributed by atoms with Crippen LogP contribution in [-0.2, 0) is 5.79 Å². The molecule has 1 atom stereocenters. The number of nitrogens with one attached hydrogen (secondary N) is 2. The van der Waals surface area contributed by atoms with Gasteiger partial charge in [0.1, 0.15) is 12.4 Å². The minimum absolute atomic E-state index is 0.240. The topological polar surface area (TPSA) is 101 Å². The highest BCUT2D eigenvalue weighted by atomic mass is 35.5. The molecule has 0 amide bonds. The molecular weight excluding hydrogens is 304 g/mol. The van der Waals surface area contributed by atoms with Gasteiger partial charge in [-0.25, -0.2) is 4.99 Å². The second-order valence-electron chi connectivity index (χ2n) is 5.56. The molecule has 0 radical (unpaired) electrons. The largest absolute Gasteiger partial charge is 0.491 e. The van der Waals surface area contributed by atoms with Crippen molar-refractivity contribution in [2.24, 2.45) is 16.5 Å². The molecule has 0 bridgehead atoms. The maximum atomic E-state index is 6.28. The number of hydrazine groups is 1. The number of guanidine groups is 1. The summed E-state index contributed by atoms with van der Waals surface area (Å²) in [4.78, 5) is 6.51. The molecule has 0 aromatic heterocycles. The van der Waals surface area contributed by atoms with Gasteiger partial charge in [0.25, 0.3) is 0 Å². The summed E-state index contributed by atoms with van der Waals surface area (Å²) in [7, 11) is 0. The summed E-state index contributed by atoms with van der Waals surface area (Å²) in [6.07, 6.45) is 2.55. The van der Waals surface area contributed by atoms with Crippen molar-refractivity contribution >= 4 is 17.6 Å². The molecule has 1 fully saturated rings. The predicted molar refractivity (Wildman–Crippen MR) is 86.4 cm³/mol. The molecule has 2 aliphatic rings. The van der Waals surface area contributed by atoms with Crippen LogP contribution in [0.5, 0.6) is 5.75 Å². The molecular formula is C14H21ClN6O. The monoisotopic (exact) mass is 324 g/mol. The van der Waals surface area contributed by atoms with E-state index in [0.29, 0.717) is 22.9 Å². The molecule has 7 nitrogen and oxygen atoms in total. The third-order valence-electron chi connectivity index (χ3n) is 3.91. The van der Waals surface area contributed by atoms with E-state index in [1.54, 1.807) is 6.07 Å². The predicted octanol–water partition coefficient (Wildman–Crippen LogP) is 0.306. The highest BCUT2D eigenvalue weighted by molar-refractivity contribution is 6.32. The van der Waals surface area contributed by atoms with E-state index >= 15 is 0 Å². The first-order valence-corrected chi connectivity index (χ1v) is 7.77. The zero-order valence-corrected chi connectivity index (χ0v) is 13.1. The summed E-state index contributed by atoms with van der Waals surface area (Å²) in [5, 5.41) is 0.506. The number of rotatable bonds is 5. The maximum Gasteiger partial charge on any atom is 0.209 e. The van der Waals surface area contributed by atoms with Crippen LogP contribution in [0.15, 0.2) is 23.2 Å². The van der Waals surface area contributed by atoms with Crippen molar-refractivity contribution in [3.63, 3.8) is 0 Å². The van der Waals surface area contributed by atoms with Gasteiger partial charge < -0.3 is 10.5 Å². The molecule has 22 heavy (non-hydrogen) atoms. The molecule has 120 valence electrons. The normalized spacial score (nSPS) is 25.1. The zero-order valence-electron chi connectivity index (χ0n) is 12.3. The maximum absolute atomic E-state index is 6.28. The van der Waals surface area contributed by atoms with Crippen molar-refractivity contribution in [1.82, 2.24) is 15.8 Å². The molecule has 1 aromatic carbocycles. The number of ether oxygens (including phenoxy) is 1. The van der Waals surface area contributed by atoms with Crippen molar-refractivity contribution in [3.8, 4) is 5.75 Å². The summed E-state index contributed by atoms with van der Waals surface area (Å²) in [6, 6.07) is 5.37. The molecule has 8 heteroatoms. The first kappa shape index (κ1) is 15.4. The molecule has 0 spiro atoms. The molecule has 1 aromatic rings. The van der Waals surface area contributed by atoms with Crippen molar-refractivity contribution in [1.29, 1.82) is 0 Å². The van der Waals surface area contributed by atoms with Crippen LogP contribution in [0.1, 0.15) is 18.4 Å². The van der Waals surface area contributed by atoms with E-state index in [1.807, 2.05) is 12.1 Å². The number of hydrogen-bond acceptors (Lipinski definition) is 7. The van der Waals surface area contributed by atoms with Gasteiger partial charge in [0.2, 0.25) is 11.7 Å². The molecule has 6 N–H and O–H groups in total. The van der Waals surface area contributed by atoms with Crippen LogP contribution in [-0.4, -0.2) is 37.1 Å². The molecule has 2 heterocycles. The van der Waals surface area contributed by atoms with E-state index < -0.39 is 5.79 Å². The average molecular weight is 325 g/mol. The van der Waals surface area contributed by atoms with E-state index in [2.05, 4.69) is 20.7 Å². The van der Waals surface area contributed by atoms with Crippen LogP contribution < -0.4 is 27.1 Å². The van der Waals surface area contributed by atoms with E-state index in [4.69, 9.17) is 27.8 Å². The number of benzene rings is 1. The Labute approximate surface area is 134 Å². The number of halogens is 1. The molecule has 3 rings (SSSR count). The van der Waals surface area contributed by atoms with Crippen LogP contribution in [0.4, 0.5) is 0 Å². The van der Waals surface area contributed by atoms with E-state index in [9.17, 15) is 0 Å². The first-order chi connectivity index (χ1) is 10.6. The van der Waals surface area contributed by atoms with Crippen molar-refractivity contribution < 1.29 is 4.74 Å². The van der Waals surface area contributed by atoms with Crippen LogP contribution in [0.25, 0.3) is 0 Å². The molecule has 2 aliphatic heterocycles. The summed E-state index contributed by atoms with van der Waals surface area (Å²) in [6.45, 7) is 3.86. The average Bonchev–Trinajstić information content (AvgIpc) is 3.11. The van der Waals surface area contributed by atoms with Crippen molar-refractivity contribution in [2.75, 3.05) is 26.2 Å². The first-order valence-electron chi connectivity index (χ1n) is 7.39. The SMILES string of the molecule is NC1=NC(N)(c2ccc(OCCN3CCCC3)c(Cl)c2)NN1. The van der Waals surface area contributed by atoms with Gasteiger partial charge >= 0.3 is 0 Å². The Bertz CT molecular complexity index is 574. The Balaban J connectivity index is 1.62. The molecule has 0 saturated carbocycles. The summed E-state index contributed by atoms with van der Waals surface area (Å²) in [5.74, 6) is -0.220. The lowest BCUT2D eigenvalue weighted by Crippen LogP contribution is -2.50. The Morgan fingerprint density at radius 1 is 1.36 bits per heavy atom. The van der Waals surface area contributed by atoms with Crippen LogP contribution >= 0.6 is 11.6 Å². The zero-order chi connectivity index (χ0) is 15.6. The Hall–Kier alpha value is -1.54. The fourth-order valence-electron chi connectivity index (χ4n) is 2.69. The number of nitrogens with two attached hydrogens (primary N) is 2. The minimum atomic E-state index is -1.11. The van der Waals surface area contributed by atoms with Gasteiger partial charge in [-0.2, -0.15) is 5.43 Å². The van der Waals surface area contributed by atoms with Gasteiger partial charge in [-0.15, -0.1) is 0 Å². The molecule has 0 aliphatic carbocycles. The summed E-state index contributed by atoms with van der Waals surface area (Å²) >= 11 is 6.28. The third-order valence-corrected chi connectivity index (χ3v) is 4.21. The summed E-state index contributed by atoms with van der Waals surface area (Å²) < 4.78 is 5.76. The van der Waals surface area contributed by atoms with E-state index in [1.165, 1.54) is 12.8 Å². The Kier molecular flexibility index (Phi) is 4.39. The van der Waals surface area contributed by atoms with Gasteiger partial charge in [0.05, 0.1) is 5.02 Å². The quantitative estimate of drug-likeness (QED) is 0.622. The van der Waals surface area contributed by atoms with Crippen LogP contribution in [0.3, 0.4) is 0 Å². The third kappa shape index (κ3) is 3.27. The van der Waals surface area contributed by atoms with Crippen molar-refractivity contribution in [2.45, 2.75) is 18.6 Å². The smallest absolute Gasteiger partial charge is 0.209 e. The van der Waals surface area contributed by atoms with Crippen molar-refractivity contribution in [3.05, 3.63) is 28.8 Å². The molecule has 1 unspecified atom stereocenters. The fraction of sp³-hybridized carbons (Fsp3) is 0.500. The van der Waals surface area contributed by atoms with Crippen LogP contribution in [0, 0.1) is 0 Å².